The molecule has 2 nitrogen and oxygen atoms in total. The van der Waals surface area contributed by atoms with Crippen molar-refractivity contribution in [2.45, 2.75) is 6.92 Å². The van der Waals surface area contributed by atoms with E-state index in [2.05, 4.69) is 15.9 Å². The predicted octanol–water partition coefficient (Wildman–Crippen LogP) is 4.88. The van der Waals surface area contributed by atoms with Gasteiger partial charge in [-0.3, -0.25) is 4.79 Å². The van der Waals surface area contributed by atoms with Gasteiger partial charge in [0.25, 0.3) is 0 Å². The standard InChI is InChI=1S/C14H10BrCl2NO/c1-7-11(4-8(15)5-13(7)18)14(19)10-3-2-9(16)6-12(10)17/h2-6H,18H2,1H3. The SMILES string of the molecule is Cc1c(N)cc(Br)cc1C(=O)c1ccc(Cl)cc1Cl. The third-order valence-electron chi connectivity index (χ3n) is 2.83. The summed E-state index contributed by atoms with van der Waals surface area (Å²) in [5.74, 6) is -0.174. The van der Waals surface area contributed by atoms with Gasteiger partial charge in [0, 0.05) is 26.3 Å². The fourth-order valence-corrected chi connectivity index (χ4v) is 2.72. The minimum Gasteiger partial charge on any atom is -0.398 e. The summed E-state index contributed by atoms with van der Waals surface area (Å²) >= 11 is 15.2. The van der Waals surface area contributed by atoms with Gasteiger partial charge in [0.2, 0.25) is 0 Å². The number of ketones is 1. The van der Waals surface area contributed by atoms with Crippen molar-refractivity contribution in [3.8, 4) is 0 Å². The van der Waals surface area contributed by atoms with Crippen LogP contribution < -0.4 is 5.73 Å². The van der Waals surface area contributed by atoms with Crippen molar-refractivity contribution in [3.05, 3.63) is 61.5 Å². The van der Waals surface area contributed by atoms with Gasteiger partial charge in [-0.1, -0.05) is 39.1 Å². The lowest BCUT2D eigenvalue weighted by molar-refractivity contribution is 0.103. The summed E-state index contributed by atoms with van der Waals surface area (Å²) in [4.78, 5) is 12.5. The lowest BCUT2D eigenvalue weighted by Crippen LogP contribution is -2.06. The maximum absolute atomic E-state index is 12.5. The zero-order chi connectivity index (χ0) is 14.2. The highest BCUT2D eigenvalue weighted by molar-refractivity contribution is 9.10. The number of benzene rings is 2. The zero-order valence-corrected chi connectivity index (χ0v) is 13.1. The van der Waals surface area contributed by atoms with Crippen LogP contribution in [-0.2, 0) is 0 Å². The van der Waals surface area contributed by atoms with Gasteiger partial charge in [0.15, 0.2) is 5.78 Å². The topological polar surface area (TPSA) is 43.1 Å². The Morgan fingerprint density at radius 2 is 1.84 bits per heavy atom. The van der Waals surface area contributed by atoms with Crippen LogP contribution in [0.1, 0.15) is 21.5 Å². The van der Waals surface area contributed by atoms with Gasteiger partial charge < -0.3 is 5.73 Å². The second-order valence-electron chi connectivity index (χ2n) is 4.12. The Bertz CT molecular complexity index is 671. The van der Waals surface area contributed by atoms with Gasteiger partial charge in [0.05, 0.1) is 5.02 Å². The molecule has 0 atom stereocenters. The van der Waals surface area contributed by atoms with Crippen molar-refractivity contribution < 1.29 is 4.79 Å². The number of carbonyl (C=O) groups excluding carboxylic acids is 1. The molecule has 0 spiro atoms. The summed E-state index contributed by atoms with van der Waals surface area (Å²) < 4.78 is 0.754. The van der Waals surface area contributed by atoms with Crippen LogP contribution in [0, 0.1) is 6.92 Å². The van der Waals surface area contributed by atoms with Crippen LogP contribution in [-0.4, -0.2) is 5.78 Å². The van der Waals surface area contributed by atoms with Crippen molar-refractivity contribution in [1.82, 2.24) is 0 Å². The van der Waals surface area contributed by atoms with E-state index in [1.165, 1.54) is 0 Å². The minimum absolute atomic E-state index is 0.174. The molecule has 98 valence electrons. The van der Waals surface area contributed by atoms with Crippen molar-refractivity contribution in [2.75, 3.05) is 5.73 Å². The number of nitrogens with two attached hydrogens (primary N) is 1. The van der Waals surface area contributed by atoms with Crippen LogP contribution in [0.15, 0.2) is 34.8 Å². The Morgan fingerprint density at radius 3 is 2.47 bits per heavy atom. The summed E-state index contributed by atoms with van der Waals surface area (Å²) in [6.07, 6.45) is 0. The lowest BCUT2D eigenvalue weighted by Gasteiger charge is -2.10. The van der Waals surface area contributed by atoms with Crippen molar-refractivity contribution in [1.29, 1.82) is 0 Å². The van der Waals surface area contributed by atoms with E-state index in [1.807, 2.05) is 0 Å². The molecule has 0 heterocycles. The van der Waals surface area contributed by atoms with Crippen LogP contribution in [0.5, 0.6) is 0 Å². The molecule has 0 saturated carbocycles. The van der Waals surface area contributed by atoms with Crippen LogP contribution in [0.25, 0.3) is 0 Å². The fourth-order valence-electron chi connectivity index (χ4n) is 1.75. The number of carbonyl (C=O) groups is 1. The second kappa shape index (κ2) is 5.53. The van der Waals surface area contributed by atoms with Gasteiger partial charge in [-0.05, 0) is 42.8 Å². The monoisotopic (exact) mass is 357 g/mol. The van der Waals surface area contributed by atoms with E-state index >= 15 is 0 Å². The number of nitrogen functional groups attached to an aromatic ring is 1. The number of hydrogen-bond donors (Lipinski definition) is 1. The fraction of sp³-hybridized carbons (Fsp3) is 0.0714. The molecule has 2 rings (SSSR count). The Labute approximate surface area is 129 Å². The third kappa shape index (κ3) is 2.94. The highest BCUT2D eigenvalue weighted by atomic mass is 79.9. The van der Waals surface area contributed by atoms with Gasteiger partial charge in [0.1, 0.15) is 0 Å². The molecule has 0 bridgehead atoms. The maximum Gasteiger partial charge on any atom is 0.194 e. The van der Waals surface area contributed by atoms with Crippen molar-refractivity contribution in [2.24, 2.45) is 0 Å². The molecule has 0 unspecified atom stereocenters. The summed E-state index contributed by atoms with van der Waals surface area (Å²) in [6.45, 7) is 1.80. The van der Waals surface area contributed by atoms with E-state index in [0.717, 1.165) is 10.0 Å². The molecule has 0 aliphatic carbocycles. The highest BCUT2D eigenvalue weighted by Gasteiger charge is 2.17. The molecule has 19 heavy (non-hydrogen) atoms. The molecule has 2 aromatic rings. The summed E-state index contributed by atoms with van der Waals surface area (Å²) in [6, 6.07) is 8.29. The van der Waals surface area contributed by atoms with E-state index in [-0.39, 0.29) is 5.78 Å². The minimum atomic E-state index is -0.174. The van der Waals surface area contributed by atoms with Gasteiger partial charge in [-0.2, -0.15) is 0 Å². The van der Waals surface area contributed by atoms with Crippen LogP contribution in [0.4, 0.5) is 5.69 Å². The van der Waals surface area contributed by atoms with E-state index in [4.69, 9.17) is 28.9 Å². The quantitative estimate of drug-likeness (QED) is 0.614. The Morgan fingerprint density at radius 1 is 1.16 bits per heavy atom. The molecule has 2 aromatic carbocycles. The van der Waals surface area contributed by atoms with Crippen molar-refractivity contribution in [3.63, 3.8) is 0 Å². The van der Waals surface area contributed by atoms with Gasteiger partial charge >= 0.3 is 0 Å². The average molecular weight is 359 g/mol. The van der Waals surface area contributed by atoms with Crippen LogP contribution in [0.3, 0.4) is 0 Å². The van der Waals surface area contributed by atoms with Crippen LogP contribution in [0.2, 0.25) is 10.0 Å². The number of rotatable bonds is 2. The lowest BCUT2D eigenvalue weighted by atomic mass is 9.98. The molecule has 5 heteroatoms. The second-order valence-corrected chi connectivity index (χ2v) is 5.88. The van der Waals surface area contributed by atoms with E-state index in [0.29, 0.717) is 26.9 Å². The van der Waals surface area contributed by atoms with Crippen molar-refractivity contribution >= 4 is 50.6 Å². The first-order valence-electron chi connectivity index (χ1n) is 5.45. The summed E-state index contributed by atoms with van der Waals surface area (Å²) in [5, 5.41) is 0.822. The molecule has 0 radical (unpaired) electrons. The molecule has 0 aliphatic heterocycles. The molecule has 2 N–H and O–H groups in total. The third-order valence-corrected chi connectivity index (χ3v) is 3.84. The summed E-state index contributed by atoms with van der Waals surface area (Å²) in [5.41, 5.74) is 8.09. The molecular formula is C14H10BrCl2NO. The average Bonchev–Trinajstić information content (AvgIpc) is 2.33. The zero-order valence-electron chi connectivity index (χ0n) is 10.0. The number of halogens is 3. The molecule has 0 amide bonds. The number of anilines is 1. The van der Waals surface area contributed by atoms with Gasteiger partial charge in [-0.15, -0.1) is 0 Å². The number of hydrogen-bond acceptors (Lipinski definition) is 2. The smallest absolute Gasteiger partial charge is 0.194 e. The van der Waals surface area contributed by atoms with Gasteiger partial charge in [-0.25, -0.2) is 0 Å². The first kappa shape index (κ1) is 14.4. The Hall–Kier alpha value is -1.03. The molecule has 0 aromatic heterocycles. The molecule has 0 saturated heterocycles. The Balaban J connectivity index is 2.56. The first-order chi connectivity index (χ1) is 8.90. The van der Waals surface area contributed by atoms with E-state index < -0.39 is 0 Å². The Kier molecular flexibility index (Phi) is 4.19. The van der Waals surface area contributed by atoms with E-state index in [1.54, 1.807) is 37.3 Å². The summed E-state index contributed by atoms with van der Waals surface area (Å²) in [7, 11) is 0. The highest BCUT2D eigenvalue weighted by Crippen LogP contribution is 2.28. The largest absolute Gasteiger partial charge is 0.398 e. The predicted molar refractivity (Wildman–Crippen MR) is 83.2 cm³/mol. The first-order valence-corrected chi connectivity index (χ1v) is 7.00. The normalized spacial score (nSPS) is 10.5. The van der Waals surface area contributed by atoms with E-state index in [9.17, 15) is 4.79 Å². The van der Waals surface area contributed by atoms with Crippen LogP contribution >= 0.6 is 39.1 Å². The maximum atomic E-state index is 12.5. The molecule has 0 fully saturated rings. The molecular weight excluding hydrogens is 349 g/mol. The molecule has 0 aliphatic rings.